The van der Waals surface area contributed by atoms with Crippen LogP contribution >= 0.6 is 12.4 Å². The van der Waals surface area contributed by atoms with E-state index in [1.165, 1.54) is 0 Å². The zero-order chi connectivity index (χ0) is 12.5. The molecule has 1 aliphatic carbocycles. The van der Waals surface area contributed by atoms with Gasteiger partial charge < -0.3 is 15.8 Å². The number of amides is 1. The first-order chi connectivity index (χ1) is 8.05. The minimum atomic E-state index is -0.602. The third kappa shape index (κ3) is 3.15. The number of benzene rings is 1. The first-order valence-electron chi connectivity index (χ1n) is 5.76. The van der Waals surface area contributed by atoms with Crippen LogP contribution in [0, 0.1) is 6.92 Å². The fourth-order valence-corrected chi connectivity index (χ4v) is 1.69. The van der Waals surface area contributed by atoms with E-state index in [4.69, 9.17) is 10.5 Å². The molecule has 0 saturated heterocycles. The predicted molar refractivity (Wildman–Crippen MR) is 73.0 cm³/mol. The predicted octanol–water partition coefficient (Wildman–Crippen LogP) is 1.53. The van der Waals surface area contributed by atoms with E-state index < -0.39 is 5.54 Å². The first-order valence-corrected chi connectivity index (χ1v) is 5.76. The lowest BCUT2D eigenvalue weighted by molar-refractivity contribution is -0.123. The fraction of sp³-hybridized carbons (Fsp3) is 0.462. The molecule has 0 spiro atoms. The van der Waals surface area contributed by atoms with Crippen molar-refractivity contribution in [3.8, 4) is 5.75 Å². The van der Waals surface area contributed by atoms with E-state index in [-0.39, 0.29) is 18.3 Å². The van der Waals surface area contributed by atoms with Gasteiger partial charge in [-0.2, -0.15) is 0 Å². The normalized spacial score (nSPS) is 15.5. The van der Waals surface area contributed by atoms with Crippen LogP contribution in [-0.2, 0) is 11.3 Å². The highest BCUT2D eigenvalue weighted by atomic mass is 35.5. The van der Waals surface area contributed by atoms with Gasteiger partial charge >= 0.3 is 0 Å². The highest BCUT2D eigenvalue weighted by Crippen LogP contribution is 2.32. The summed E-state index contributed by atoms with van der Waals surface area (Å²) in [5.41, 5.74) is 7.30. The maximum atomic E-state index is 11.7. The van der Waals surface area contributed by atoms with E-state index >= 15 is 0 Å². The lowest BCUT2D eigenvalue weighted by Gasteiger charge is -2.11. The molecule has 1 saturated carbocycles. The summed E-state index contributed by atoms with van der Waals surface area (Å²) in [6.07, 6.45) is 1.58. The van der Waals surface area contributed by atoms with Crippen molar-refractivity contribution in [3.05, 3.63) is 29.3 Å². The Bertz CT molecular complexity index is 445. The summed E-state index contributed by atoms with van der Waals surface area (Å²) < 4.78 is 5.23. The van der Waals surface area contributed by atoms with E-state index in [1.54, 1.807) is 7.11 Å². The Morgan fingerprint density at radius 2 is 2.17 bits per heavy atom. The fourth-order valence-electron chi connectivity index (χ4n) is 1.69. The van der Waals surface area contributed by atoms with Gasteiger partial charge in [-0.3, -0.25) is 4.79 Å². The molecular weight excluding hydrogens is 252 g/mol. The van der Waals surface area contributed by atoms with Gasteiger partial charge in [0.2, 0.25) is 5.91 Å². The molecule has 3 N–H and O–H groups in total. The number of hydrogen-bond donors (Lipinski definition) is 2. The van der Waals surface area contributed by atoms with Gasteiger partial charge in [0.25, 0.3) is 0 Å². The van der Waals surface area contributed by atoms with Crippen LogP contribution < -0.4 is 15.8 Å². The minimum absolute atomic E-state index is 0. The molecule has 5 heteroatoms. The van der Waals surface area contributed by atoms with Crippen molar-refractivity contribution in [1.29, 1.82) is 0 Å². The standard InChI is InChI=1S/C13H18N2O2.ClH/c1-9-3-4-10(7-11(9)17-2)8-15-12(16)13(14)5-6-13;/h3-4,7H,5-6,8,14H2,1-2H3,(H,15,16);1H. The number of hydrogen-bond acceptors (Lipinski definition) is 3. The molecule has 1 aliphatic rings. The van der Waals surface area contributed by atoms with Crippen molar-refractivity contribution in [2.45, 2.75) is 31.8 Å². The molecular formula is C13H19ClN2O2. The van der Waals surface area contributed by atoms with Crippen molar-refractivity contribution < 1.29 is 9.53 Å². The van der Waals surface area contributed by atoms with Gasteiger partial charge in [0, 0.05) is 6.54 Å². The van der Waals surface area contributed by atoms with Gasteiger partial charge in [0.15, 0.2) is 0 Å². The zero-order valence-corrected chi connectivity index (χ0v) is 11.5. The number of rotatable bonds is 4. The summed E-state index contributed by atoms with van der Waals surface area (Å²) in [5, 5.41) is 2.85. The molecule has 0 unspecified atom stereocenters. The second-order valence-electron chi connectivity index (χ2n) is 4.64. The van der Waals surface area contributed by atoms with E-state index in [2.05, 4.69) is 5.32 Å². The summed E-state index contributed by atoms with van der Waals surface area (Å²) >= 11 is 0. The molecule has 1 aromatic carbocycles. The Morgan fingerprint density at radius 3 is 2.72 bits per heavy atom. The summed E-state index contributed by atoms with van der Waals surface area (Å²) in [5.74, 6) is 0.780. The number of nitrogens with one attached hydrogen (secondary N) is 1. The Kier molecular flexibility index (Phi) is 4.59. The van der Waals surface area contributed by atoms with Crippen molar-refractivity contribution in [2.75, 3.05) is 7.11 Å². The smallest absolute Gasteiger partial charge is 0.240 e. The Hall–Kier alpha value is -1.26. The molecule has 0 heterocycles. The Morgan fingerprint density at radius 1 is 1.50 bits per heavy atom. The first kappa shape index (κ1) is 14.8. The quantitative estimate of drug-likeness (QED) is 0.872. The number of methoxy groups -OCH3 is 1. The molecule has 100 valence electrons. The van der Waals surface area contributed by atoms with Crippen LogP contribution in [0.3, 0.4) is 0 Å². The lowest BCUT2D eigenvalue weighted by atomic mass is 10.1. The lowest BCUT2D eigenvalue weighted by Crippen LogP contribution is -2.42. The summed E-state index contributed by atoms with van der Waals surface area (Å²) in [6.45, 7) is 2.48. The summed E-state index contributed by atoms with van der Waals surface area (Å²) in [7, 11) is 1.64. The number of halogens is 1. The molecule has 0 bridgehead atoms. The largest absolute Gasteiger partial charge is 0.496 e. The number of carbonyl (C=O) groups is 1. The highest BCUT2D eigenvalue weighted by molar-refractivity contribution is 5.88. The molecule has 1 amide bonds. The Labute approximate surface area is 113 Å². The Balaban J connectivity index is 0.00000162. The topological polar surface area (TPSA) is 64.3 Å². The van der Waals surface area contributed by atoms with Gasteiger partial charge in [-0.15, -0.1) is 12.4 Å². The van der Waals surface area contributed by atoms with E-state index in [0.717, 1.165) is 29.7 Å². The zero-order valence-electron chi connectivity index (χ0n) is 10.7. The molecule has 18 heavy (non-hydrogen) atoms. The summed E-state index contributed by atoms with van der Waals surface area (Å²) in [6, 6.07) is 5.90. The van der Waals surface area contributed by atoms with Gasteiger partial charge in [-0.05, 0) is 37.0 Å². The van der Waals surface area contributed by atoms with Gasteiger partial charge in [-0.25, -0.2) is 0 Å². The van der Waals surface area contributed by atoms with Crippen LogP contribution in [0.1, 0.15) is 24.0 Å². The van der Waals surface area contributed by atoms with Crippen LogP contribution in [0.25, 0.3) is 0 Å². The van der Waals surface area contributed by atoms with E-state index in [1.807, 2.05) is 25.1 Å². The van der Waals surface area contributed by atoms with Gasteiger partial charge in [0.05, 0.1) is 12.6 Å². The van der Waals surface area contributed by atoms with E-state index in [0.29, 0.717) is 6.54 Å². The van der Waals surface area contributed by atoms with Crippen LogP contribution in [0.4, 0.5) is 0 Å². The van der Waals surface area contributed by atoms with Crippen molar-refractivity contribution in [1.82, 2.24) is 5.32 Å². The van der Waals surface area contributed by atoms with Gasteiger partial charge in [-0.1, -0.05) is 12.1 Å². The van der Waals surface area contributed by atoms with Gasteiger partial charge in [0.1, 0.15) is 5.75 Å². The highest BCUT2D eigenvalue weighted by Gasteiger charge is 2.45. The number of nitrogens with two attached hydrogens (primary N) is 1. The average molecular weight is 271 g/mol. The van der Waals surface area contributed by atoms with Crippen LogP contribution in [0.2, 0.25) is 0 Å². The number of aryl methyl sites for hydroxylation is 1. The molecule has 0 aliphatic heterocycles. The molecule has 0 aromatic heterocycles. The maximum absolute atomic E-state index is 11.7. The van der Waals surface area contributed by atoms with Crippen molar-refractivity contribution in [3.63, 3.8) is 0 Å². The second kappa shape index (κ2) is 5.59. The minimum Gasteiger partial charge on any atom is -0.496 e. The monoisotopic (exact) mass is 270 g/mol. The molecule has 4 nitrogen and oxygen atoms in total. The van der Waals surface area contributed by atoms with Crippen molar-refractivity contribution >= 4 is 18.3 Å². The number of carbonyl (C=O) groups excluding carboxylic acids is 1. The molecule has 1 aromatic rings. The molecule has 0 radical (unpaired) electrons. The molecule has 1 fully saturated rings. The summed E-state index contributed by atoms with van der Waals surface area (Å²) in [4.78, 5) is 11.7. The van der Waals surface area contributed by atoms with Crippen molar-refractivity contribution in [2.24, 2.45) is 5.73 Å². The third-order valence-electron chi connectivity index (χ3n) is 3.17. The van der Waals surface area contributed by atoms with Crippen LogP contribution in [-0.4, -0.2) is 18.6 Å². The van der Waals surface area contributed by atoms with E-state index in [9.17, 15) is 4.79 Å². The number of ether oxygens (including phenoxy) is 1. The average Bonchev–Trinajstić information content (AvgIpc) is 3.07. The van der Waals surface area contributed by atoms with Crippen LogP contribution in [0.15, 0.2) is 18.2 Å². The molecule has 2 rings (SSSR count). The molecule has 0 atom stereocenters. The third-order valence-corrected chi connectivity index (χ3v) is 3.17. The maximum Gasteiger partial charge on any atom is 0.240 e. The SMILES string of the molecule is COc1cc(CNC(=O)C2(N)CC2)ccc1C.Cl. The second-order valence-corrected chi connectivity index (χ2v) is 4.64. The van der Waals surface area contributed by atoms with Crippen LogP contribution in [0.5, 0.6) is 5.75 Å².